The van der Waals surface area contributed by atoms with Crippen molar-refractivity contribution in [1.82, 2.24) is 4.90 Å². The molecule has 12 heteroatoms. The summed E-state index contributed by atoms with van der Waals surface area (Å²) in [6.07, 6.45) is -1.66. The number of carbonyl (C=O) groups excluding carboxylic acids is 1. The molecule has 1 unspecified atom stereocenters. The molecule has 0 aliphatic rings. The lowest BCUT2D eigenvalue weighted by Gasteiger charge is -2.28. The lowest BCUT2D eigenvalue weighted by molar-refractivity contribution is -0.143. The molecule has 1 amide bonds. The van der Waals surface area contributed by atoms with E-state index in [1.54, 1.807) is 20.8 Å². The van der Waals surface area contributed by atoms with Crippen LogP contribution in [-0.4, -0.2) is 71.6 Å². The molecule has 0 fully saturated rings. The number of carboxylic acids is 1. The number of hydrogen-bond donors (Lipinski definition) is 2. The van der Waals surface area contributed by atoms with E-state index in [1.807, 2.05) is 60.7 Å². The van der Waals surface area contributed by atoms with Crippen LogP contribution in [0.25, 0.3) is 0 Å². The molecule has 0 aliphatic heterocycles. The van der Waals surface area contributed by atoms with E-state index in [0.717, 1.165) is 16.0 Å². The molecule has 2 rings (SSSR count). The van der Waals surface area contributed by atoms with Crippen LogP contribution >= 0.6 is 7.82 Å². The summed E-state index contributed by atoms with van der Waals surface area (Å²) in [5, 5.41) is 9.50. The van der Waals surface area contributed by atoms with Crippen molar-refractivity contribution in [2.24, 2.45) is 0 Å². The molecule has 0 heterocycles. The molecule has 0 aliphatic carbocycles. The number of rotatable bonds is 15. The van der Waals surface area contributed by atoms with Gasteiger partial charge in [-0.25, -0.2) is 14.2 Å². The van der Waals surface area contributed by atoms with Gasteiger partial charge in [0.05, 0.1) is 33.0 Å². The van der Waals surface area contributed by atoms with Crippen LogP contribution in [-0.2, 0) is 45.8 Å². The van der Waals surface area contributed by atoms with Gasteiger partial charge in [0.1, 0.15) is 11.7 Å². The molecule has 0 bridgehead atoms. The van der Waals surface area contributed by atoms with Gasteiger partial charge < -0.3 is 24.2 Å². The molecule has 0 radical (unpaired) electrons. The highest BCUT2D eigenvalue weighted by molar-refractivity contribution is 7.47. The summed E-state index contributed by atoms with van der Waals surface area (Å²) in [7, 11) is -3.52. The second-order valence-corrected chi connectivity index (χ2v) is 10.9. The Morgan fingerprint density at radius 3 is 1.95 bits per heavy atom. The zero-order valence-corrected chi connectivity index (χ0v) is 22.9. The van der Waals surface area contributed by atoms with E-state index in [0.29, 0.717) is 6.61 Å². The van der Waals surface area contributed by atoms with E-state index >= 15 is 0 Å². The zero-order valence-electron chi connectivity index (χ0n) is 22.0. The Morgan fingerprint density at radius 1 is 0.895 bits per heavy atom. The first-order valence-electron chi connectivity index (χ1n) is 11.9. The van der Waals surface area contributed by atoms with Gasteiger partial charge in [0.25, 0.3) is 0 Å². The van der Waals surface area contributed by atoms with Crippen LogP contribution in [0.4, 0.5) is 4.79 Å². The third-order valence-corrected chi connectivity index (χ3v) is 5.95. The highest BCUT2D eigenvalue weighted by Crippen LogP contribution is 2.43. The van der Waals surface area contributed by atoms with E-state index in [4.69, 9.17) is 23.3 Å². The van der Waals surface area contributed by atoms with Gasteiger partial charge in [0.15, 0.2) is 6.04 Å². The minimum Gasteiger partial charge on any atom is -0.480 e. The van der Waals surface area contributed by atoms with Gasteiger partial charge >= 0.3 is 19.9 Å². The molecule has 0 saturated carbocycles. The predicted molar refractivity (Wildman–Crippen MR) is 138 cm³/mol. The molecule has 210 valence electrons. The van der Waals surface area contributed by atoms with Crippen molar-refractivity contribution in [2.75, 3.05) is 26.9 Å². The van der Waals surface area contributed by atoms with Crippen LogP contribution in [0.3, 0.4) is 0 Å². The molecule has 38 heavy (non-hydrogen) atoms. The summed E-state index contributed by atoms with van der Waals surface area (Å²) in [6, 6.07) is 17.2. The summed E-state index contributed by atoms with van der Waals surface area (Å²) in [5.41, 5.74) is 0.973. The van der Waals surface area contributed by atoms with Gasteiger partial charge in [-0.15, -0.1) is 0 Å². The summed E-state index contributed by atoms with van der Waals surface area (Å²) in [6.45, 7) is 4.27. The number of ether oxygens (including phenoxy) is 3. The van der Waals surface area contributed by atoms with E-state index in [9.17, 15) is 24.2 Å². The molecule has 2 aromatic rings. The zero-order chi connectivity index (χ0) is 28.2. The first kappa shape index (κ1) is 31.4. The molecule has 3 atom stereocenters. The molecule has 2 aromatic carbocycles. The summed E-state index contributed by atoms with van der Waals surface area (Å²) < 4.78 is 39.2. The molecular formula is C26H36NO10P. The van der Waals surface area contributed by atoms with Crippen LogP contribution in [0.1, 0.15) is 31.9 Å². The monoisotopic (exact) mass is 553 g/mol. The fourth-order valence-electron chi connectivity index (χ4n) is 3.00. The maximum atomic E-state index is 12.5. The van der Waals surface area contributed by atoms with Gasteiger partial charge in [-0.2, -0.15) is 0 Å². The lowest BCUT2D eigenvalue weighted by atomic mass is 10.2. The average molecular weight is 554 g/mol. The average Bonchev–Trinajstić information content (AvgIpc) is 2.85. The van der Waals surface area contributed by atoms with Crippen LogP contribution in [0.2, 0.25) is 0 Å². The smallest absolute Gasteiger partial charge is 0.472 e. The van der Waals surface area contributed by atoms with Crippen LogP contribution in [0, 0.1) is 0 Å². The number of likely N-dealkylation sites (N-methyl/N-ethyl adjacent to an activating group) is 1. The van der Waals surface area contributed by atoms with E-state index in [2.05, 4.69) is 0 Å². The number of phosphoric ester groups is 1. The van der Waals surface area contributed by atoms with Crippen molar-refractivity contribution in [3.05, 3.63) is 71.8 Å². The molecule has 11 nitrogen and oxygen atoms in total. The number of amides is 1. The van der Waals surface area contributed by atoms with E-state index in [-0.39, 0.29) is 19.8 Å². The Balaban J connectivity index is 1.95. The predicted octanol–water partition coefficient (Wildman–Crippen LogP) is 4.24. The minimum absolute atomic E-state index is 0.0564. The number of phosphoric acid groups is 1. The highest BCUT2D eigenvalue weighted by Gasteiger charge is 2.34. The standard InChI is InChI=1S/C26H36NO10P/c1-26(2,3)37-25(30)27(4)23(24(28)29)19-36-38(31,32)35-18-22(34-16-21-13-9-6-10-14-21)17-33-15-20-11-7-5-8-12-20/h5-14,22-23H,15-19H2,1-4H3,(H,28,29)(H,31,32)/t22-,23+/m1/s1. The Hall–Kier alpha value is -2.79. The molecular weight excluding hydrogens is 517 g/mol. The quantitative estimate of drug-likeness (QED) is 0.308. The maximum Gasteiger partial charge on any atom is 0.472 e. The van der Waals surface area contributed by atoms with Crippen molar-refractivity contribution in [2.45, 2.75) is 51.7 Å². The van der Waals surface area contributed by atoms with Crippen molar-refractivity contribution in [1.29, 1.82) is 0 Å². The summed E-state index contributed by atoms with van der Waals surface area (Å²) in [4.78, 5) is 34.8. The fourth-order valence-corrected chi connectivity index (χ4v) is 3.76. The SMILES string of the molecule is CN(C(=O)OC(C)(C)C)[C@@H](COP(=O)(O)OC[C@@H](COCc1ccccc1)OCc1ccccc1)C(=O)O. The third-order valence-electron chi connectivity index (χ3n) is 5.00. The largest absolute Gasteiger partial charge is 0.480 e. The molecule has 2 N–H and O–H groups in total. The van der Waals surface area contributed by atoms with Gasteiger partial charge in [-0.05, 0) is 31.9 Å². The van der Waals surface area contributed by atoms with Crippen molar-refractivity contribution < 1.29 is 47.4 Å². The Morgan fingerprint density at radius 2 is 1.42 bits per heavy atom. The summed E-state index contributed by atoms with van der Waals surface area (Å²) >= 11 is 0. The first-order valence-corrected chi connectivity index (χ1v) is 13.4. The van der Waals surface area contributed by atoms with Gasteiger partial charge in [0.2, 0.25) is 0 Å². The van der Waals surface area contributed by atoms with Crippen molar-refractivity contribution in [3.63, 3.8) is 0 Å². The van der Waals surface area contributed by atoms with Crippen molar-refractivity contribution in [3.8, 4) is 0 Å². The van der Waals surface area contributed by atoms with Gasteiger partial charge in [0, 0.05) is 7.05 Å². The van der Waals surface area contributed by atoms with Crippen LogP contribution in [0.5, 0.6) is 0 Å². The molecule has 0 spiro atoms. The van der Waals surface area contributed by atoms with Gasteiger partial charge in [-0.1, -0.05) is 60.7 Å². The Bertz CT molecular complexity index is 1040. The molecule has 0 aromatic heterocycles. The second-order valence-electron chi connectivity index (χ2n) is 9.42. The van der Waals surface area contributed by atoms with E-state index < -0.39 is 44.2 Å². The number of aliphatic carboxylic acids is 1. The number of hydrogen-bond acceptors (Lipinski definition) is 8. The Kier molecular flexibility index (Phi) is 12.4. The maximum absolute atomic E-state index is 12.5. The first-order chi connectivity index (χ1) is 17.9. The van der Waals surface area contributed by atoms with Crippen molar-refractivity contribution >= 4 is 19.9 Å². The van der Waals surface area contributed by atoms with Crippen LogP contribution in [0.15, 0.2) is 60.7 Å². The number of benzene rings is 2. The number of carboxylic acid groups (broad SMARTS) is 1. The fraction of sp³-hybridized carbons (Fsp3) is 0.462. The third kappa shape index (κ3) is 12.2. The Labute approximate surface area is 222 Å². The summed E-state index contributed by atoms with van der Waals surface area (Å²) in [5.74, 6) is -1.45. The number of nitrogens with zero attached hydrogens (tertiary/aromatic N) is 1. The van der Waals surface area contributed by atoms with E-state index in [1.165, 1.54) is 7.05 Å². The minimum atomic E-state index is -4.71. The number of carbonyl (C=O) groups is 2. The van der Waals surface area contributed by atoms with Crippen LogP contribution < -0.4 is 0 Å². The normalized spacial score (nSPS) is 14.8. The van der Waals surface area contributed by atoms with Gasteiger partial charge in [-0.3, -0.25) is 13.9 Å². The molecule has 0 saturated heterocycles. The topological polar surface area (TPSA) is 141 Å². The lowest BCUT2D eigenvalue weighted by Crippen LogP contribution is -2.47. The highest BCUT2D eigenvalue weighted by atomic mass is 31.2. The second kappa shape index (κ2) is 15.0.